The first-order chi connectivity index (χ1) is 8.83. The molecule has 0 aliphatic heterocycles. The number of esters is 1. The molecule has 0 heterocycles. The summed E-state index contributed by atoms with van der Waals surface area (Å²) in [4.78, 5) is 10.7. The summed E-state index contributed by atoms with van der Waals surface area (Å²) < 4.78 is 15.1. The average molecular weight is 250 g/mol. The Kier molecular flexibility index (Phi) is 7.52. The maximum absolute atomic E-state index is 10.7. The van der Waals surface area contributed by atoms with Gasteiger partial charge in [-0.25, -0.2) is 4.79 Å². The van der Waals surface area contributed by atoms with Gasteiger partial charge in [-0.05, 0) is 5.56 Å². The molecule has 1 aromatic rings. The summed E-state index contributed by atoms with van der Waals surface area (Å²) in [5.41, 5.74) is 1.14. The van der Waals surface area contributed by atoms with E-state index in [9.17, 15) is 4.79 Å². The van der Waals surface area contributed by atoms with Gasteiger partial charge in [-0.1, -0.05) is 36.4 Å². The molecule has 0 fully saturated rings. The first-order valence-corrected chi connectivity index (χ1v) is 5.77. The summed E-state index contributed by atoms with van der Waals surface area (Å²) in [6, 6.07) is 9.96. The molecule has 1 aromatic carbocycles. The zero-order valence-corrected chi connectivity index (χ0v) is 10.5. The van der Waals surface area contributed by atoms with Crippen molar-refractivity contribution >= 4 is 5.97 Å². The molecule has 0 N–H and O–H groups in total. The minimum Gasteiger partial charge on any atom is -0.466 e. The van der Waals surface area contributed by atoms with Crippen molar-refractivity contribution in [1.82, 2.24) is 0 Å². The van der Waals surface area contributed by atoms with E-state index in [-0.39, 0.29) is 5.97 Å². The Hall–Kier alpha value is -1.65. The van der Waals surface area contributed by atoms with Crippen LogP contribution in [0.1, 0.15) is 5.56 Å². The van der Waals surface area contributed by atoms with Crippen LogP contribution in [0.3, 0.4) is 0 Å². The fourth-order valence-corrected chi connectivity index (χ4v) is 1.25. The Morgan fingerprint density at radius 3 is 2.61 bits per heavy atom. The van der Waals surface area contributed by atoms with Crippen molar-refractivity contribution in [3.63, 3.8) is 0 Å². The molecule has 0 amide bonds. The zero-order valence-electron chi connectivity index (χ0n) is 10.5. The molecule has 4 nitrogen and oxygen atoms in total. The van der Waals surface area contributed by atoms with Crippen LogP contribution in [-0.2, 0) is 25.6 Å². The minimum absolute atomic E-state index is 0.376. The van der Waals surface area contributed by atoms with Gasteiger partial charge in [-0.3, -0.25) is 0 Å². The highest BCUT2D eigenvalue weighted by Crippen LogP contribution is 1.99. The summed E-state index contributed by atoms with van der Waals surface area (Å²) in [5, 5.41) is 0. The van der Waals surface area contributed by atoms with Crippen LogP contribution in [0.15, 0.2) is 42.5 Å². The lowest BCUT2D eigenvalue weighted by molar-refractivity contribution is -0.134. The summed E-state index contributed by atoms with van der Waals surface area (Å²) >= 11 is 0. The lowest BCUT2D eigenvalue weighted by Crippen LogP contribution is -2.04. The molecule has 0 aliphatic carbocycles. The molecule has 1 rings (SSSR count). The lowest BCUT2D eigenvalue weighted by Gasteiger charge is -2.04. The number of carbonyl (C=O) groups excluding carboxylic acids is 1. The maximum Gasteiger partial charge on any atom is 0.330 e. The van der Waals surface area contributed by atoms with Crippen LogP contribution in [-0.4, -0.2) is 32.9 Å². The number of hydrogen-bond acceptors (Lipinski definition) is 4. The van der Waals surface area contributed by atoms with E-state index in [1.807, 2.05) is 30.3 Å². The predicted octanol–water partition coefficient (Wildman–Crippen LogP) is 1.95. The van der Waals surface area contributed by atoms with E-state index in [1.165, 1.54) is 13.2 Å². The number of ether oxygens (including phenoxy) is 3. The highest BCUT2D eigenvalue weighted by Gasteiger charge is 1.92. The summed E-state index contributed by atoms with van der Waals surface area (Å²) in [7, 11) is 1.34. The third kappa shape index (κ3) is 6.83. The molecule has 0 aliphatic rings. The second kappa shape index (κ2) is 9.39. The predicted molar refractivity (Wildman–Crippen MR) is 68.1 cm³/mol. The van der Waals surface area contributed by atoms with Gasteiger partial charge in [0, 0.05) is 6.08 Å². The summed E-state index contributed by atoms with van der Waals surface area (Å²) in [5.74, 6) is -0.376. The molecule has 0 saturated heterocycles. The third-order valence-electron chi connectivity index (χ3n) is 2.15. The van der Waals surface area contributed by atoms with Gasteiger partial charge >= 0.3 is 5.97 Å². The largest absolute Gasteiger partial charge is 0.466 e. The van der Waals surface area contributed by atoms with Gasteiger partial charge in [0.2, 0.25) is 0 Å². The quantitative estimate of drug-likeness (QED) is 0.402. The van der Waals surface area contributed by atoms with Crippen LogP contribution < -0.4 is 0 Å². The fraction of sp³-hybridized carbons (Fsp3) is 0.357. The molecule has 0 aromatic heterocycles. The van der Waals surface area contributed by atoms with E-state index in [1.54, 1.807) is 6.08 Å². The van der Waals surface area contributed by atoms with Crippen LogP contribution in [0.4, 0.5) is 0 Å². The van der Waals surface area contributed by atoms with Crippen molar-refractivity contribution in [2.45, 2.75) is 6.61 Å². The van der Waals surface area contributed by atoms with Gasteiger partial charge in [0.25, 0.3) is 0 Å². The van der Waals surface area contributed by atoms with Crippen molar-refractivity contribution in [3.05, 3.63) is 48.0 Å². The van der Waals surface area contributed by atoms with Crippen LogP contribution in [0.25, 0.3) is 0 Å². The maximum atomic E-state index is 10.7. The van der Waals surface area contributed by atoms with Crippen LogP contribution in [0, 0.1) is 0 Å². The Balaban J connectivity index is 1.96. The SMILES string of the molecule is COC(=O)/C=C/COCCOCc1ccccc1. The van der Waals surface area contributed by atoms with Crippen molar-refractivity contribution in [2.24, 2.45) is 0 Å². The molecule has 18 heavy (non-hydrogen) atoms. The van der Waals surface area contributed by atoms with Gasteiger partial charge in [0.05, 0.1) is 33.5 Å². The van der Waals surface area contributed by atoms with E-state index >= 15 is 0 Å². The van der Waals surface area contributed by atoms with Crippen LogP contribution >= 0.6 is 0 Å². The van der Waals surface area contributed by atoms with Crippen molar-refractivity contribution < 1.29 is 19.0 Å². The topological polar surface area (TPSA) is 44.8 Å². The fourth-order valence-electron chi connectivity index (χ4n) is 1.25. The van der Waals surface area contributed by atoms with Gasteiger partial charge in [0.1, 0.15) is 0 Å². The standard InChI is InChI=1S/C14H18O4/c1-16-14(15)8-5-9-17-10-11-18-12-13-6-3-2-4-7-13/h2-8H,9-12H2,1H3/b8-5+. The van der Waals surface area contributed by atoms with E-state index in [2.05, 4.69) is 4.74 Å². The van der Waals surface area contributed by atoms with Gasteiger partial charge < -0.3 is 14.2 Å². The molecule has 4 heteroatoms. The van der Waals surface area contributed by atoms with E-state index in [0.717, 1.165) is 5.56 Å². The second-order valence-corrected chi connectivity index (χ2v) is 3.54. The smallest absolute Gasteiger partial charge is 0.330 e. The molecule has 0 radical (unpaired) electrons. The van der Waals surface area contributed by atoms with E-state index in [0.29, 0.717) is 26.4 Å². The Morgan fingerprint density at radius 2 is 1.89 bits per heavy atom. The highest BCUT2D eigenvalue weighted by molar-refractivity contribution is 5.81. The van der Waals surface area contributed by atoms with Crippen molar-refractivity contribution in [1.29, 1.82) is 0 Å². The summed E-state index contributed by atoms with van der Waals surface area (Å²) in [6.07, 6.45) is 2.95. The van der Waals surface area contributed by atoms with E-state index in [4.69, 9.17) is 9.47 Å². The molecule has 0 bridgehead atoms. The molecule has 98 valence electrons. The zero-order chi connectivity index (χ0) is 13.1. The molecule has 0 unspecified atom stereocenters. The number of carbonyl (C=O) groups is 1. The number of methoxy groups -OCH3 is 1. The van der Waals surface area contributed by atoms with Gasteiger partial charge in [-0.15, -0.1) is 0 Å². The number of rotatable bonds is 8. The van der Waals surface area contributed by atoms with Crippen LogP contribution in [0.2, 0.25) is 0 Å². The number of benzene rings is 1. The van der Waals surface area contributed by atoms with Gasteiger partial charge in [0.15, 0.2) is 0 Å². The molecule has 0 spiro atoms. The molecule has 0 saturated carbocycles. The minimum atomic E-state index is -0.376. The Bertz CT molecular complexity index is 359. The van der Waals surface area contributed by atoms with Gasteiger partial charge in [-0.2, -0.15) is 0 Å². The van der Waals surface area contributed by atoms with Crippen LogP contribution in [0.5, 0.6) is 0 Å². The first kappa shape index (κ1) is 14.4. The first-order valence-electron chi connectivity index (χ1n) is 5.77. The average Bonchev–Trinajstić information content (AvgIpc) is 2.42. The molecular formula is C14H18O4. The van der Waals surface area contributed by atoms with Crippen molar-refractivity contribution in [2.75, 3.05) is 26.9 Å². The highest BCUT2D eigenvalue weighted by atomic mass is 16.5. The summed E-state index contributed by atoms with van der Waals surface area (Å²) in [6.45, 7) is 1.99. The van der Waals surface area contributed by atoms with E-state index < -0.39 is 0 Å². The molecular weight excluding hydrogens is 232 g/mol. The van der Waals surface area contributed by atoms with Crippen molar-refractivity contribution in [3.8, 4) is 0 Å². The third-order valence-corrected chi connectivity index (χ3v) is 2.15. The lowest BCUT2D eigenvalue weighted by atomic mass is 10.2. The normalized spacial score (nSPS) is 10.7. The Labute approximate surface area is 107 Å². The molecule has 0 atom stereocenters. The number of hydrogen-bond donors (Lipinski definition) is 0. The second-order valence-electron chi connectivity index (χ2n) is 3.54. The monoisotopic (exact) mass is 250 g/mol. The Morgan fingerprint density at radius 1 is 1.17 bits per heavy atom.